The number of hydrogen-bond acceptors (Lipinski definition) is 6. The molecule has 0 bridgehead atoms. The van der Waals surface area contributed by atoms with Crippen LogP contribution in [0.4, 0.5) is 11.4 Å². The summed E-state index contributed by atoms with van der Waals surface area (Å²) in [5.41, 5.74) is 3.37. The average Bonchev–Trinajstić information content (AvgIpc) is 3.50. The highest BCUT2D eigenvalue weighted by atomic mass is 35.5. The third kappa shape index (κ3) is 6.44. The van der Waals surface area contributed by atoms with Gasteiger partial charge in [0, 0.05) is 45.6 Å². The Kier molecular flexibility index (Phi) is 8.64. The van der Waals surface area contributed by atoms with Crippen molar-refractivity contribution >= 4 is 70.7 Å². The first-order valence-corrected chi connectivity index (χ1v) is 12.6. The Bertz CT molecular complexity index is 1440. The fourth-order valence-electron chi connectivity index (χ4n) is 4.52. The number of aliphatic imine (C=N–C) groups is 1. The number of hydrogen-bond donors (Lipinski definition) is 4. The summed E-state index contributed by atoms with van der Waals surface area (Å²) in [6, 6.07) is 16.0. The van der Waals surface area contributed by atoms with Crippen LogP contribution in [-0.2, 0) is 11.3 Å². The summed E-state index contributed by atoms with van der Waals surface area (Å²) >= 11 is 12.3. The molecule has 3 aromatic carbocycles. The van der Waals surface area contributed by atoms with Gasteiger partial charge in [-0.05, 0) is 65.7 Å². The van der Waals surface area contributed by atoms with Gasteiger partial charge in [-0.25, -0.2) is 0 Å². The number of aliphatic carboxylic acids is 1. The molecule has 12 heteroatoms. The first-order chi connectivity index (χ1) is 18.3. The van der Waals surface area contributed by atoms with E-state index in [0.717, 1.165) is 24.3 Å². The van der Waals surface area contributed by atoms with Crippen LogP contribution in [0.2, 0.25) is 10.0 Å². The molecule has 2 heterocycles. The maximum Gasteiger partial charge on any atom is 0.305 e. The van der Waals surface area contributed by atoms with Crippen molar-refractivity contribution in [3.05, 3.63) is 93.0 Å². The number of benzene rings is 3. The zero-order chi connectivity index (χ0) is 26.8. The highest BCUT2D eigenvalue weighted by molar-refractivity contribution is 6.34. The average molecular weight is 589 g/mol. The SMILES string of the molecule is Cl.O=C(O)CC(c1cc(Cl)cc(Cl)c1)N1Cc2ccc(NC(=O)c3ccc(NC4=NCCN4)cc3)cc2C1=O. The van der Waals surface area contributed by atoms with Gasteiger partial charge < -0.3 is 26.0 Å². The zero-order valence-electron chi connectivity index (χ0n) is 20.4. The lowest BCUT2D eigenvalue weighted by Gasteiger charge is -2.27. The quantitative estimate of drug-likeness (QED) is 0.301. The van der Waals surface area contributed by atoms with E-state index in [-0.39, 0.29) is 37.2 Å². The van der Waals surface area contributed by atoms with Crippen molar-refractivity contribution < 1.29 is 19.5 Å². The van der Waals surface area contributed by atoms with Crippen molar-refractivity contribution in [2.75, 3.05) is 23.7 Å². The number of carboxylic acids is 1. The molecule has 1 atom stereocenters. The minimum Gasteiger partial charge on any atom is -0.481 e. The molecule has 0 saturated heterocycles. The molecule has 0 fully saturated rings. The fraction of sp³-hybridized carbons (Fsp3) is 0.185. The zero-order valence-corrected chi connectivity index (χ0v) is 22.7. The van der Waals surface area contributed by atoms with Crippen LogP contribution in [0.3, 0.4) is 0 Å². The number of anilines is 2. The molecular formula is C27H24Cl3N5O4. The Morgan fingerprint density at radius 1 is 1.03 bits per heavy atom. The Hall–Kier alpha value is -3.79. The molecule has 4 N–H and O–H groups in total. The molecule has 3 aromatic rings. The van der Waals surface area contributed by atoms with Crippen LogP contribution in [0.25, 0.3) is 0 Å². The van der Waals surface area contributed by atoms with E-state index >= 15 is 0 Å². The van der Waals surface area contributed by atoms with Crippen molar-refractivity contribution in [1.29, 1.82) is 0 Å². The van der Waals surface area contributed by atoms with E-state index in [1.165, 1.54) is 4.90 Å². The maximum absolute atomic E-state index is 13.4. The highest BCUT2D eigenvalue weighted by Crippen LogP contribution is 2.36. The van der Waals surface area contributed by atoms with Gasteiger partial charge in [0.05, 0.1) is 19.0 Å². The van der Waals surface area contributed by atoms with Gasteiger partial charge in [-0.1, -0.05) is 29.3 Å². The third-order valence-corrected chi connectivity index (χ3v) is 6.73. The molecule has 0 spiro atoms. The number of carboxylic acid groups (broad SMARTS) is 1. The minimum absolute atomic E-state index is 0. The first-order valence-electron chi connectivity index (χ1n) is 11.9. The fourth-order valence-corrected chi connectivity index (χ4v) is 5.06. The predicted molar refractivity (Wildman–Crippen MR) is 153 cm³/mol. The van der Waals surface area contributed by atoms with E-state index in [1.807, 2.05) is 0 Å². The van der Waals surface area contributed by atoms with Gasteiger partial charge in [0.2, 0.25) is 0 Å². The Morgan fingerprint density at radius 2 is 1.72 bits per heavy atom. The van der Waals surface area contributed by atoms with Gasteiger partial charge >= 0.3 is 5.97 Å². The van der Waals surface area contributed by atoms with Crippen LogP contribution in [0.1, 0.15) is 44.3 Å². The van der Waals surface area contributed by atoms with Crippen LogP contribution < -0.4 is 16.0 Å². The molecule has 39 heavy (non-hydrogen) atoms. The molecule has 0 aromatic heterocycles. The van der Waals surface area contributed by atoms with Gasteiger partial charge in [-0.2, -0.15) is 0 Å². The third-order valence-electron chi connectivity index (χ3n) is 6.30. The first kappa shape index (κ1) is 28.2. The highest BCUT2D eigenvalue weighted by Gasteiger charge is 2.35. The normalized spacial score (nSPS) is 14.6. The van der Waals surface area contributed by atoms with Crippen LogP contribution in [-0.4, -0.2) is 46.8 Å². The van der Waals surface area contributed by atoms with Crippen molar-refractivity contribution in [1.82, 2.24) is 10.2 Å². The summed E-state index contributed by atoms with van der Waals surface area (Å²) in [7, 11) is 0. The second-order valence-electron chi connectivity index (χ2n) is 8.94. The maximum atomic E-state index is 13.4. The predicted octanol–water partition coefficient (Wildman–Crippen LogP) is 5.21. The van der Waals surface area contributed by atoms with Crippen LogP contribution >= 0.6 is 35.6 Å². The molecule has 2 aliphatic heterocycles. The van der Waals surface area contributed by atoms with Gasteiger partial charge in [0.25, 0.3) is 11.8 Å². The smallest absolute Gasteiger partial charge is 0.305 e. The van der Waals surface area contributed by atoms with Gasteiger partial charge in [0.1, 0.15) is 0 Å². The summed E-state index contributed by atoms with van der Waals surface area (Å²) in [6.45, 7) is 1.73. The number of nitrogens with zero attached hydrogens (tertiary/aromatic N) is 2. The molecular weight excluding hydrogens is 565 g/mol. The Labute approximate surface area is 240 Å². The lowest BCUT2D eigenvalue weighted by molar-refractivity contribution is -0.138. The Balaban J connectivity index is 0.00000353. The van der Waals surface area contributed by atoms with E-state index in [1.54, 1.807) is 60.7 Å². The van der Waals surface area contributed by atoms with E-state index in [0.29, 0.717) is 38.4 Å². The molecule has 0 aliphatic carbocycles. The van der Waals surface area contributed by atoms with Crippen LogP contribution in [0, 0.1) is 0 Å². The van der Waals surface area contributed by atoms with Gasteiger partial charge in [-0.3, -0.25) is 19.4 Å². The summed E-state index contributed by atoms with van der Waals surface area (Å²) in [5.74, 6) is -1.02. The van der Waals surface area contributed by atoms with Crippen LogP contribution in [0.15, 0.2) is 65.7 Å². The number of guanidine groups is 1. The number of nitrogens with one attached hydrogen (secondary N) is 3. The molecule has 202 valence electrons. The number of carbonyl (C=O) groups excluding carboxylic acids is 2. The van der Waals surface area contributed by atoms with Crippen molar-refractivity contribution in [3.8, 4) is 0 Å². The number of amides is 2. The van der Waals surface area contributed by atoms with E-state index in [2.05, 4.69) is 20.9 Å². The van der Waals surface area contributed by atoms with Crippen molar-refractivity contribution in [2.24, 2.45) is 4.99 Å². The summed E-state index contributed by atoms with van der Waals surface area (Å²) in [5, 5.41) is 19.3. The van der Waals surface area contributed by atoms with E-state index < -0.39 is 12.0 Å². The van der Waals surface area contributed by atoms with Gasteiger partial charge in [0.15, 0.2) is 5.96 Å². The molecule has 0 radical (unpaired) electrons. The summed E-state index contributed by atoms with van der Waals surface area (Å²) in [4.78, 5) is 43.6. The summed E-state index contributed by atoms with van der Waals surface area (Å²) in [6.07, 6.45) is -0.311. The monoisotopic (exact) mass is 587 g/mol. The number of fused-ring (bicyclic) bond motifs is 1. The second-order valence-corrected chi connectivity index (χ2v) is 9.81. The lowest BCUT2D eigenvalue weighted by Crippen LogP contribution is -2.31. The van der Waals surface area contributed by atoms with Crippen molar-refractivity contribution in [3.63, 3.8) is 0 Å². The minimum atomic E-state index is -1.06. The summed E-state index contributed by atoms with van der Waals surface area (Å²) < 4.78 is 0. The second kappa shape index (κ2) is 11.9. The molecule has 0 saturated carbocycles. The number of carbonyl (C=O) groups is 3. The number of rotatable bonds is 7. The van der Waals surface area contributed by atoms with Crippen molar-refractivity contribution in [2.45, 2.75) is 19.0 Å². The number of halogens is 3. The topological polar surface area (TPSA) is 123 Å². The Morgan fingerprint density at radius 3 is 2.36 bits per heavy atom. The van der Waals surface area contributed by atoms with Crippen LogP contribution in [0.5, 0.6) is 0 Å². The lowest BCUT2D eigenvalue weighted by atomic mass is 10.0. The largest absolute Gasteiger partial charge is 0.481 e. The molecule has 5 rings (SSSR count). The molecule has 1 unspecified atom stereocenters. The standard InChI is InChI=1S/C27H23Cl2N5O4.ClH/c28-18-9-17(10-19(29)11-18)23(13-24(35)36)34-14-16-3-6-21(12-22(16)26(34)38)32-25(37)15-1-4-20(5-2-15)33-27-30-7-8-31-27;/h1-6,9-12,23H,7-8,13-14H2,(H,32,37)(H,35,36)(H2,30,31,33);1H. The van der Waals surface area contributed by atoms with E-state index in [4.69, 9.17) is 23.2 Å². The molecule has 9 nitrogen and oxygen atoms in total. The molecule has 2 aliphatic rings. The molecule has 2 amide bonds. The van der Waals surface area contributed by atoms with E-state index in [9.17, 15) is 19.5 Å². The van der Waals surface area contributed by atoms with Gasteiger partial charge in [-0.15, -0.1) is 12.4 Å².